The van der Waals surface area contributed by atoms with E-state index in [1.807, 2.05) is 0 Å². The van der Waals surface area contributed by atoms with Crippen molar-refractivity contribution in [1.29, 1.82) is 5.41 Å². The van der Waals surface area contributed by atoms with Crippen molar-refractivity contribution in [2.75, 3.05) is 33.3 Å². The van der Waals surface area contributed by atoms with Crippen LogP contribution < -0.4 is 10.7 Å². The van der Waals surface area contributed by atoms with Gasteiger partial charge in [0.1, 0.15) is 0 Å². The average Bonchev–Trinajstić information content (AvgIpc) is 2.40. The van der Waals surface area contributed by atoms with E-state index in [0.717, 1.165) is 6.21 Å². The summed E-state index contributed by atoms with van der Waals surface area (Å²) >= 11 is 0. The summed E-state index contributed by atoms with van der Waals surface area (Å²) in [7, 11) is 1.35. The van der Waals surface area contributed by atoms with Crippen LogP contribution in [-0.4, -0.2) is 51.2 Å². The van der Waals surface area contributed by atoms with Gasteiger partial charge in [-0.15, -0.1) is 0 Å². The van der Waals surface area contributed by atoms with E-state index in [1.165, 1.54) is 7.11 Å². The third-order valence-corrected chi connectivity index (χ3v) is 1.83. The normalized spacial score (nSPS) is 10.4. The quantitative estimate of drug-likeness (QED) is 0.0965. The Morgan fingerprint density at radius 2 is 2.28 bits per heavy atom. The van der Waals surface area contributed by atoms with Crippen molar-refractivity contribution in [1.82, 2.24) is 10.7 Å². The van der Waals surface area contributed by atoms with E-state index in [0.29, 0.717) is 31.8 Å². The third-order valence-electron chi connectivity index (χ3n) is 1.83. The molecule has 3 N–H and O–H groups in total. The second-order valence-electron chi connectivity index (χ2n) is 3.12. The number of methoxy groups -OCH3 is 1. The fourth-order valence-electron chi connectivity index (χ4n) is 0.937. The number of carbonyl (C=O) groups excluding carboxylic acids is 1. The SMILES string of the molecule is COC(=O)CCNCCN/N=C(\C=N)CN=[N+]=[N-]. The number of nitrogens with zero attached hydrogens (tertiary/aromatic N) is 4. The van der Waals surface area contributed by atoms with Gasteiger partial charge in [-0.05, 0) is 5.53 Å². The Balaban J connectivity index is 3.58. The first-order valence-electron chi connectivity index (χ1n) is 5.33. The van der Waals surface area contributed by atoms with Crippen LogP contribution in [0.5, 0.6) is 0 Å². The van der Waals surface area contributed by atoms with E-state index >= 15 is 0 Å². The predicted molar refractivity (Wildman–Crippen MR) is 67.7 cm³/mol. The van der Waals surface area contributed by atoms with Gasteiger partial charge in [-0.2, -0.15) is 5.10 Å². The Kier molecular flexibility index (Phi) is 10.0. The Hall–Kier alpha value is -2.12. The molecule has 18 heavy (non-hydrogen) atoms. The molecule has 0 radical (unpaired) electrons. The number of hydrogen-bond acceptors (Lipinski definition) is 7. The number of ether oxygens (including phenoxy) is 1. The lowest BCUT2D eigenvalue weighted by atomic mass is 10.4. The van der Waals surface area contributed by atoms with E-state index < -0.39 is 0 Å². The van der Waals surface area contributed by atoms with Crippen LogP contribution >= 0.6 is 0 Å². The van der Waals surface area contributed by atoms with Crippen molar-refractivity contribution >= 4 is 17.9 Å². The van der Waals surface area contributed by atoms with Crippen LogP contribution in [0, 0.1) is 5.41 Å². The number of azide groups is 1. The molecule has 0 spiro atoms. The molecule has 0 bridgehead atoms. The first-order chi connectivity index (χ1) is 8.74. The Labute approximate surface area is 105 Å². The van der Waals surface area contributed by atoms with Crippen LogP contribution in [0.25, 0.3) is 10.4 Å². The summed E-state index contributed by atoms with van der Waals surface area (Å²) < 4.78 is 4.48. The summed E-state index contributed by atoms with van der Waals surface area (Å²) in [5, 5.41) is 17.2. The van der Waals surface area contributed by atoms with Crippen molar-refractivity contribution in [2.24, 2.45) is 10.2 Å². The molecule has 9 nitrogen and oxygen atoms in total. The molecule has 100 valence electrons. The highest BCUT2D eigenvalue weighted by atomic mass is 16.5. The molecule has 0 aromatic carbocycles. The smallest absolute Gasteiger partial charge is 0.306 e. The number of rotatable bonds is 10. The highest BCUT2D eigenvalue weighted by Gasteiger charge is 1.97. The number of hydrogen-bond donors (Lipinski definition) is 3. The number of hydrazone groups is 1. The van der Waals surface area contributed by atoms with Gasteiger partial charge in [-0.25, -0.2) is 0 Å². The van der Waals surface area contributed by atoms with Crippen LogP contribution in [0.2, 0.25) is 0 Å². The second-order valence-corrected chi connectivity index (χ2v) is 3.12. The fourth-order valence-corrected chi connectivity index (χ4v) is 0.937. The minimum Gasteiger partial charge on any atom is -0.469 e. The van der Waals surface area contributed by atoms with Crippen molar-refractivity contribution in [3.05, 3.63) is 10.4 Å². The fraction of sp³-hybridized carbons (Fsp3) is 0.667. The molecule has 0 aliphatic carbocycles. The van der Waals surface area contributed by atoms with Crippen molar-refractivity contribution in [3.63, 3.8) is 0 Å². The number of nitrogens with one attached hydrogen (secondary N) is 3. The zero-order valence-electron chi connectivity index (χ0n) is 10.2. The Morgan fingerprint density at radius 1 is 1.50 bits per heavy atom. The zero-order chi connectivity index (χ0) is 13.6. The lowest BCUT2D eigenvalue weighted by Crippen LogP contribution is -2.27. The molecular weight excluding hydrogens is 238 g/mol. The molecule has 0 amide bonds. The molecule has 0 aromatic rings. The molecule has 0 rings (SSSR count). The van der Waals surface area contributed by atoms with Crippen LogP contribution in [0.1, 0.15) is 6.42 Å². The molecule has 0 aliphatic rings. The van der Waals surface area contributed by atoms with Gasteiger partial charge in [0.15, 0.2) is 0 Å². The molecule has 0 saturated heterocycles. The van der Waals surface area contributed by atoms with Gasteiger partial charge in [-0.1, -0.05) is 5.11 Å². The molecule has 0 saturated carbocycles. The molecule has 0 aromatic heterocycles. The molecule has 0 aliphatic heterocycles. The van der Waals surface area contributed by atoms with Gasteiger partial charge < -0.3 is 20.9 Å². The van der Waals surface area contributed by atoms with Gasteiger partial charge in [0.2, 0.25) is 0 Å². The van der Waals surface area contributed by atoms with Crippen LogP contribution in [0.15, 0.2) is 10.2 Å². The van der Waals surface area contributed by atoms with Gasteiger partial charge in [0.05, 0.1) is 25.8 Å². The van der Waals surface area contributed by atoms with E-state index in [4.69, 9.17) is 10.9 Å². The summed E-state index contributed by atoms with van der Waals surface area (Å²) in [4.78, 5) is 13.3. The zero-order valence-corrected chi connectivity index (χ0v) is 10.2. The van der Waals surface area contributed by atoms with Crippen LogP contribution in [-0.2, 0) is 9.53 Å². The monoisotopic (exact) mass is 255 g/mol. The summed E-state index contributed by atoms with van der Waals surface area (Å²) in [6, 6.07) is 0. The minimum atomic E-state index is -0.256. The van der Waals surface area contributed by atoms with Gasteiger partial charge >= 0.3 is 5.97 Å². The largest absolute Gasteiger partial charge is 0.469 e. The standard InChI is InChI=1S/C9H17N7O2/c1-18-9(17)2-3-12-4-5-13-15-8(6-10)7-14-16-11/h6,10,12-13H,2-5,7H2,1H3/b10-6?,15-8+. The lowest BCUT2D eigenvalue weighted by molar-refractivity contribution is -0.140. The van der Waals surface area contributed by atoms with Crippen molar-refractivity contribution < 1.29 is 9.53 Å². The second kappa shape index (κ2) is 11.4. The average molecular weight is 255 g/mol. The lowest BCUT2D eigenvalue weighted by Gasteiger charge is -2.04. The topological polar surface area (TPSA) is 135 Å². The van der Waals surface area contributed by atoms with E-state index in [2.05, 4.69) is 30.6 Å². The van der Waals surface area contributed by atoms with Crippen molar-refractivity contribution in [2.45, 2.75) is 6.42 Å². The van der Waals surface area contributed by atoms with Gasteiger partial charge in [0.25, 0.3) is 0 Å². The maximum Gasteiger partial charge on any atom is 0.306 e. The predicted octanol–water partition coefficient (Wildman–Crippen LogP) is 0.0446. The summed E-state index contributed by atoms with van der Waals surface area (Å²) in [5.41, 5.74) is 11.2. The van der Waals surface area contributed by atoms with Crippen LogP contribution in [0.4, 0.5) is 0 Å². The first kappa shape index (κ1) is 15.9. The molecule has 0 fully saturated rings. The summed E-state index contributed by atoms with van der Waals surface area (Å²) in [5.74, 6) is -0.256. The molecule has 0 unspecified atom stereocenters. The van der Waals surface area contributed by atoms with E-state index in [1.54, 1.807) is 0 Å². The number of esters is 1. The maximum absolute atomic E-state index is 10.8. The third kappa shape index (κ3) is 9.13. The van der Waals surface area contributed by atoms with E-state index in [9.17, 15) is 4.79 Å². The van der Waals surface area contributed by atoms with Gasteiger partial charge in [0, 0.05) is 30.8 Å². The molecule has 0 heterocycles. The summed E-state index contributed by atoms with van der Waals surface area (Å²) in [6.45, 7) is 1.74. The first-order valence-corrected chi connectivity index (χ1v) is 5.33. The Morgan fingerprint density at radius 3 is 2.89 bits per heavy atom. The minimum absolute atomic E-state index is 0.0444. The Bertz CT molecular complexity index is 336. The van der Waals surface area contributed by atoms with E-state index in [-0.39, 0.29) is 12.5 Å². The highest BCUT2D eigenvalue weighted by molar-refractivity contribution is 6.30. The molecular formula is C9H17N7O2. The number of carbonyl (C=O) groups is 1. The highest BCUT2D eigenvalue weighted by Crippen LogP contribution is 1.80. The van der Waals surface area contributed by atoms with Gasteiger partial charge in [-0.3, -0.25) is 4.79 Å². The molecule has 0 atom stereocenters. The van der Waals surface area contributed by atoms with Crippen LogP contribution in [0.3, 0.4) is 0 Å². The van der Waals surface area contributed by atoms with Crippen molar-refractivity contribution in [3.8, 4) is 0 Å². The molecule has 9 heteroatoms. The summed E-state index contributed by atoms with van der Waals surface area (Å²) in [6.07, 6.45) is 1.34. The maximum atomic E-state index is 10.8.